The number of nitrogens with one attached hydrogen (secondary N) is 2. The van der Waals surface area contributed by atoms with Gasteiger partial charge in [0.25, 0.3) is 11.8 Å². The van der Waals surface area contributed by atoms with Gasteiger partial charge in [0.2, 0.25) is 0 Å². The lowest BCUT2D eigenvalue weighted by Crippen LogP contribution is -2.20. The Morgan fingerprint density at radius 2 is 1.44 bits per heavy atom. The van der Waals surface area contributed by atoms with Crippen LogP contribution in [0.4, 0.5) is 11.4 Å². The molecule has 7 heteroatoms. The molecule has 0 fully saturated rings. The number of para-hydroxylation sites is 1. The molecule has 3 aromatic rings. The van der Waals surface area contributed by atoms with Crippen LogP contribution in [0.3, 0.4) is 0 Å². The molecule has 7 nitrogen and oxygen atoms in total. The molecule has 0 bridgehead atoms. The SMILES string of the molecule is CCOCCOc1ccc(C(=O)Nc2cccc(NC(=O)COc3ccccc3)c2)cc1. The van der Waals surface area contributed by atoms with Gasteiger partial charge in [0, 0.05) is 23.5 Å². The summed E-state index contributed by atoms with van der Waals surface area (Å²) in [6.07, 6.45) is 0. The van der Waals surface area contributed by atoms with Crippen molar-refractivity contribution in [1.82, 2.24) is 0 Å². The van der Waals surface area contributed by atoms with Crippen LogP contribution in [-0.4, -0.2) is 38.2 Å². The van der Waals surface area contributed by atoms with E-state index < -0.39 is 0 Å². The molecule has 2 N–H and O–H groups in total. The summed E-state index contributed by atoms with van der Waals surface area (Å²) in [7, 11) is 0. The third kappa shape index (κ3) is 7.45. The van der Waals surface area contributed by atoms with E-state index in [4.69, 9.17) is 14.2 Å². The monoisotopic (exact) mass is 434 g/mol. The topological polar surface area (TPSA) is 85.9 Å². The molecule has 3 rings (SSSR count). The summed E-state index contributed by atoms with van der Waals surface area (Å²) in [5, 5.41) is 5.59. The van der Waals surface area contributed by atoms with Gasteiger partial charge in [-0.05, 0) is 61.5 Å². The number of carbonyl (C=O) groups excluding carboxylic acids is 2. The number of amides is 2. The van der Waals surface area contributed by atoms with Crippen molar-refractivity contribution in [3.63, 3.8) is 0 Å². The highest BCUT2D eigenvalue weighted by molar-refractivity contribution is 6.04. The van der Waals surface area contributed by atoms with E-state index in [0.29, 0.717) is 48.3 Å². The van der Waals surface area contributed by atoms with Crippen molar-refractivity contribution in [2.75, 3.05) is 37.1 Å². The molecule has 3 aromatic carbocycles. The zero-order chi connectivity index (χ0) is 22.6. The van der Waals surface area contributed by atoms with Gasteiger partial charge in [-0.2, -0.15) is 0 Å². The van der Waals surface area contributed by atoms with Gasteiger partial charge in [-0.25, -0.2) is 0 Å². The minimum Gasteiger partial charge on any atom is -0.491 e. The lowest BCUT2D eigenvalue weighted by atomic mass is 10.2. The number of hydrogen-bond donors (Lipinski definition) is 2. The molecule has 0 heterocycles. The first-order valence-electron chi connectivity index (χ1n) is 10.3. The zero-order valence-electron chi connectivity index (χ0n) is 17.9. The fourth-order valence-electron chi connectivity index (χ4n) is 2.81. The summed E-state index contributed by atoms with van der Waals surface area (Å²) < 4.78 is 16.2. The van der Waals surface area contributed by atoms with Crippen LogP contribution < -0.4 is 20.1 Å². The van der Waals surface area contributed by atoms with Crippen LogP contribution >= 0.6 is 0 Å². The molecule has 2 amide bonds. The number of carbonyl (C=O) groups is 2. The first kappa shape index (κ1) is 22.8. The Morgan fingerprint density at radius 1 is 0.750 bits per heavy atom. The molecule has 0 spiro atoms. The average molecular weight is 434 g/mol. The summed E-state index contributed by atoms with van der Waals surface area (Å²) in [5.74, 6) is 0.733. The molecule has 0 aromatic heterocycles. The van der Waals surface area contributed by atoms with E-state index in [1.54, 1.807) is 60.7 Å². The molecule has 32 heavy (non-hydrogen) atoms. The third-order valence-corrected chi connectivity index (χ3v) is 4.33. The molecule has 0 aliphatic heterocycles. The number of anilines is 2. The first-order valence-corrected chi connectivity index (χ1v) is 10.3. The number of benzene rings is 3. The fourth-order valence-corrected chi connectivity index (χ4v) is 2.81. The first-order chi connectivity index (χ1) is 15.6. The fraction of sp³-hybridized carbons (Fsp3) is 0.200. The van der Waals surface area contributed by atoms with Crippen molar-refractivity contribution in [2.45, 2.75) is 6.92 Å². The van der Waals surface area contributed by atoms with Gasteiger partial charge in [-0.15, -0.1) is 0 Å². The minimum atomic E-state index is -0.294. The van der Waals surface area contributed by atoms with Crippen LogP contribution in [-0.2, 0) is 9.53 Å². The van der Waals surface area contributed by atoms with E-state index in [1.165, 1.54) is 0 Å². The van der Waals surface area contributed by atoms with Gasteiger partial charge in [-0.1, -0.05) is 24.3 Å². The Balaban J connectivity index is 1.50. The molecule has 0 aliphatic rings. The summed E-state index contributed by atoms with van der Waals surface area (Å²) in [6.45, 7) is 3.43. The smallest absolute Gasteiger partial charge is 0.262 e. The van der Waals surface area contributed by atoms with Crippen LogP contribution in [0.5, 0.6) is 11.5 Å². The predicted octanol–water partition coefficient (Wildman–Crippen LogP) is 4.37. The van der Waals surface area contributed by atoms with E-state index in [0.717, 1.165) is 0 Å². The minimum absolute atomic E-state index is 0.112. The Morgan fingerprint density at radius 3 is 2.16 bits per heavy atom. The van der Waals surface area contributed by atoms with Crippen molar-refractivity contribution in [3.05, 3.63) is 84.4 Å². The molecule has 0 atom stereocenters. The number of hydrogen-bond acceptors (Lipinski definition) is 5. The predicted molar refractivity (Wildman–Crippen MR) is 123 cm³/mol. The zero-order valence-corrected chi connectivity index (χ0v) is 17.9. The van der Waals surface area contributed by atoms with Crippen LogP contribution in [0.2, 0.25) is 0 Å². The molecule has 0 aliphatic carbocycles. The largest absolute Gasteiger partial charge is 0.491 e. The Kier molecular flexibility index (Phi) is 8.65. The lowest BCUT2D eigenvalue weighted by Gasteiger charge is -2.10. The van der Waals surface area contributed by atoms with Crippen molar-refractivity contribution >= 4 is 23.2 Å². The molecular weight excluding hydrogens is 408 g/mol. The van der Waals surface area contributed by atoms with Crippen molar-refractivity contribution in [1.29, 1.82) is 0 Å². The average Bonchev–Trinajstić information content (AvgIpc) is 2.82. The summed E-state index contributed by atoms with van der Waals surface area (Å²) in [5.41, 5.74) is 1.61. The van der Waals surface area contributed by atoms with Crippen molar-refractivity contribution < 1.29 is 23.8 Å². The Bertz CT molecular complexity index is 1010. The highest BCUT2D eigenvalue weighted by atomic mass is 16.5. The highest BCUT2D eigenvalue weighted by Crippen LogP contribution is 2.18. The highest BCUT2D eigenvalue weighted by Gasteiger charge is 2.08. The van der Waals surface area contributed by atoms with Gasteiger partial charge in [0.1, 0.15) is 18.1 Å². The molecule has 0 unspecified atom stereocenters. The van der Waals surface area contributed by atoms with Crippen molar-refractivity contribution in [2.24, 2.45) is 0 Å². The quantitative estimate of drug-likeness (QED) is 0.438. The van der Waals surface area contributed by atoms with E-state index in [2.05, 4.69) is 10.6 Å². The van der Waals surface area contributed by atoms with Gasteiger partial charge in [0.15, 0.2) is 6.61 Å². The standard InChI is InChI=1S/C25H26N2O5/c1-2-30-15-16-31-23-13-11-19(12-14-23)25(29)27-21-8-6-7-20(17-21)26-24(28)18-32-22-9-4-3-5-10-22/h3-14,17H,2,15-16,18H2,1H3,(H,26,28)(H,27,29). The van der Waals surface area contributed by atoms with Gasteiger partial charge in [0.05, 0.1) is 6.61 Å². The van der Waals surface area contributed by atoms with Gasteiger partial charge in [-0.3, -0.25) is 9.59 Å². The maximum atomic E-state index is 12.5. The van der Waals surface area contributed by atoms with Crippen LogP contribution in [0, 0.1) is 0 Å². The number of ether oxygens (including phenoxy) is 3. The normalized spacial score (nSPS) is 10.3. The van der Waals surface area contributed by atoms with Crippen molar-refractivity contribution in [3.8, 4) is 11.5 Å². The van der Waals surface area contributed by atoms with Crippen LogP contribution in [0.25, 0.3) is 0 Å². The Hall–Kier alpha value is -3.84. The Labute approximate surface area is 187 Å². The lowest BCUT2D eigenvalue weighted by molar-refractivity contribution is -0.118. The summed E-state index contributed by atoms with van der Waals surface area (Å²) in [4.78, 5) is 24.7. The third-order valence-electron chi connectivity index (χ3n) is 4.33. The second-order valence-corrected chi connectivity index (χ2v) is 6.75. The van der Waals surface area contributed by atoms with E-state index in [9.17, 15) is 9.59 Å². The number of rotatable bonds is 11. The van der Waals surface area contributed by atoms with Crippen LogP contribution in [0.1, 0.15) is 17.3 Å². The molecule has 0 saturated carbocycles. The maximum absolute atomic E-state index is 12.5. The van der Waals surface area contributed by atoms with Crippen LogP contribution in [0.15, 0.2) is 78.9 Å². The summed E-state index contributed by atoms with van der Waals surface area (Å²) >= 11 is 0. The molecule has 0 radical (unpaired) electrons. The second kappa shape index (κ2) is 12.1. The van der Waals surface area contributed by atoms with Gasteiger partial charge >= 0.3 is 0 Å². The second-order valence-electron chi connectivity index (χ2n) is 6.75. The molecule has 166 valence electrons. The van der Waals surface area contributed by atoms with E-state index in [-0.39, 0.29) is 18.4 Å². The summed E-state index contributed by atoms with van der Waals surface area (Å²) in [6, 6.07) is 22.9. The van der Waals surface area contributed by atoms with E-state index >= 15 is 0 Å². The molecule has 0 saturated heterocycles. The maximum Gasteiger partial charge on any atom is 0.262 e. The van der Waals surface area contributed by atoms with E-state index in [1.807, 2.05) is 25.1 Å². The molecular formula is C25H26N2O5. The van der Waals surface area contributed by atoms with Gasteiger partial charge < -0.3 is 24.8 Å².